The van der Waals surface area contributed by atoms with Gasteiger partial charge in [-0.25, -0.2) is 0 Å². The fourth-order valence-corrected chi connectivity index (χ4v) is 8.94. The van der Waals surface area contributed by atoms with Gasteiger partial charge in [0.05, 0.1) is 17.5 Å². The highest BCUT2D eigenvalue weighted by Gasteiger charge is 2.66. The number of hydrogen-bond donors (Lipinski definition) is 2. The van der Waals surface area contributed by atoms with E-state index in [-0.39, 0.29) is 36.0 Å². The number of ether oxygens (including phenoxy) is 1. The predicted octanol–water partition coefficient (Wildman–Crippen LogP) is 1.97. The number of aryl methyl sites for hydroxylation is 1. The zero-order chi connectivity index (χ0) is 26.5. The molecular weight excluding hydrogens is 490 g/mol. The van der Waals surface area contributed by atoms with Crippen molar-refractivity contribution in [1.82, 2.24) is 15.0 Å². The second-order valence-electron chi connectivity index (χ2n) is 10.8. The molecular formula is C26H35N5O5Si. The summed E-state index contributed by atoms with van der Waals surface area (Å²) in [5, 5.41) is 17.4. The Hall–Kier alpha value is -2.86. The number of aliphatic hydroxyl groups is 1. The van der Waals surface area contributed by atoms with Gasteiger partial charge in [0.15, 0.2) is 13.9 Å². The molecule has 10 nitrogen and oxygen atoms in total. The zero-order valence-electron chi connectivity index (χ0n) is 21.6. The van der Waals surface area contributed by atoms with E-state index >= 15 is 0 Å². The van der Waals surface area contributed by atoms with E-state index in [0.717, 1.165) is 16.9 Å². The molecule has 5 rings (SSSR count). The Balaban J connectivity index is 1.53. The zero-order valence-corrected chi connectivity index (χ0v) is 22.6. The SMILES string of the molecule is C=CCN1C(=O)[C@@]2(O[C@@H](CCn3cc(CCO)nn3)[C@H]([Si](C)(C)O)[C@H]2C)c2cc(N3CCC3=O)ccc21. The van der Waals surface area contributed by atoms with Gasteiger partial charge in [-0.05, 0) is 37.7 Å². The minimum absolute atomic E-state index is 0.00455. The van der Waals surface area contributed by atoms with Crippen molar-refractivity contribution in [3.05, 3.63) is 48.3 Å². The average molecular weight is 526 g/mol. The Bertz CT molecular complexity index is 1230. The van der Waals surface area contributed by atoms with Gasteiger partial charge in [-0.15, -0.1) is 11.7 Å². The van der Waals surface area contributed by atoms with Gasteiger partial charge in [0, 0.05) is 68.0 Å². The Morgan fingerprint density at radius 2 is 2.11 bits per heavy atom. The molecule has 3 aliphatic rings. The number of hydrogen-bond acceptors (Lipinski definition) is 7. The lowest BCUT2D eigenvalue weighted by atomic mass is 9.82. The molecule has 1 spiro atoms. The van der Waals surface area contributed by atoms with Crippen molar-refractivity contribution in [1.29, 1.82) is 0 Å². The first-order valence-corrected chi connectivity index (χ1v) is 15.9. The van der Waals surface area contributed by atoms with Gasteiger partial charge in [-0.1, -0.05) is 18.2 Å². The summed E-state index contributed by atoms with van der Waals surface area (Å²) >= 11 is 0. The maximum absolute atomic E-state index is 14.1. The number of carbonyl (C=O) groups excluding carboxylic acids is 2. The van der Waals surface area contributed by atoms with E-state index in [0.29, 0.717) is 44.6 Å². The van der Waals surface area contributed by atoms with Crippen LogP contribution in [0.4, 0.5) is 11.4 Å². The van der Waals surface area contributed by atoms with E-state index in [1.54, 1.807) is 26.8 Å². The fraction of sp³-hybridized carbons (Fsp3) is 0.538. The average Bonchev–Trinajstić information content (AvgIpc) is 3.47. The van der Waals surface area contributed by atoms with Gasteiger partial charge < -0.3 is 24.4 Å². The number of aliphatic hydroxyl groups excluding tert-OH is 1. The second kappa shape index (κ2) is 9.46. The molecule has 11 heteroatoms. The van der Waals surface area contributed by atoms with Crippen LogP contribution in [0.2, 0.25) is 18.6 Å². The third-order valence-electron chi connectivity index (χ3n) is 8.04. The van der Waals surface area contributed by atoms with Crippen LogP contribution in [0.5, 0.6) is 0 Å². The first-order valence-electron chi connectivity index (χ1n) is 12.9. The van der Waals surface area contributed by atoms with Gasteiger partial charge in [-0.2, -0.15) is 0 Å². The van der Waals surface area contributed by atoms with E-state index in [2.05, 4.69) is 16.9 Å². The van der Waals surface area contributed by atoms with Crippen LogP contribution in [-0.4, -0.2) is 70.8 Å². The molecule has 0 radical (unpaired) electrons. The molecule has 2 aromatic rings. The molecule has 0 unspecified atom stereocenters. The predicted molar refractivity (Wildman–Crippen MR) is 141 cm³/mol. The summed E-state index contributed by atoms with van der Waals surface area (Å²) in [6.45, 7) is 11.1. The number of rotatable bonds is 9. The van der Waals surface area contributed by atoms with Crippen molar-refractivity contribution in [3.63, 3.8) is 0 Å². The molecule has 3 aliphatic heterocycles. The van der Waals surface area contributed by atoms with Crippen molar-refractivity contribution < 1.29 is 24.2 Å². The van der Waals surface area contributed by atoms with E-state index in [9.17, 15) is 19.5 Å². The molecule has 2 amide bonds. The second-order valence-corrected chi connectivity index (χ2v) is 14.8. The third kappa shape index (κ3) is 4.14. The van der Waals surface area contributed by atoms with Crippen LogP contribution in [0.1, 0.15) is 31.0 Å². The lowest BCUT2D eigenvalue weighted by Crippen LogP contribution is -2.46. The number of β-lactam (4-membered cyclic amide) rings is 1. The lowest BCUT2D eigenvalue weighted by molar-refractivity contribution is -0.145. The molecule has 0 saturated carbocycles. The standard InChI is InChI=1S/C26H35N5O5Si/c1-5-11-31-21-7-6-19(30-13-9-23(30)33)15-20(21)26(25(31)34)17(2)24(37(3,4)35)22(36-26)8-12-29-16-18(10-14-32)27-28-29/h5-7,15-17,22,24,32,35H,1,8-14H2,2-4H3/t17-,22+,24-,26+/m1/s1. The highest BCUT2D eigenvalue weighted by molar-refractivity contribution is 6.71. The number of carbonyl (C=O) groups is 2. The molecule has 2 fully saturated rings. The molecule has 4 heterocycles. The highest BCUT2D eigenvalue weighted by Crippen LogP contribution is 2.60. The Morgan fingerprint density at radius 3 is 2.73 bits per heavy atom. The van der Waals surface area contributed by atoms with Crippen LogP contribution in [0.25, 0.3) is 0 Å². The monoisotopic (exact) mass is 525 g/mol. The van der Waals surface area contributed by atoms with Gasteiger partial charge >= 0.3 is 0 Å². The van der Waals surface area contributed by atoms with Crippen LogP contribution in [0, 0.1) is 5.92 Å². The molecule has 198 valence electrons. The number of aromatic nitrogens is 3. The van der Waals surface area contributed by atoms with E-state index in [4.69, 9.17) is 4.74 Å². The van der Waals surface area contributed by atoms with Gasteiger partial charge in [0.25, 0.3) is 5.91 Å². The summed E-state index contributed by atoms with van der Waals surface area (Å²) in [5.41, 5.74) is 1.52. The Labute approximate surface area is 217 Å². The topological polar surface area (TPSA) is 121 Å². The molecule has 2 saturated heterocycles. The summed E-state index contributed by atoms with van der Waals surface area (Å²) in [7, 11) is -2.78. The summed E-state index contributed by atoms with van der Waals surface area (Å²) in [5.74, 6) is -0.373. The molecule has 4 atom stereocenters. The number of amides is 2. The van der Waals surface area contributed by atoms with E-state index in [1.165, 1.54) is 0 Å². The first kappa shape index (κ1) is 25.8. The molecule has 1 aromatic heterocycles. The van der Waals surface area contributed by atoms with Gasteiger partial charge in [-0.3, -0.25) is 14.3 Å². The Kier molecular flexibility index (Phi) is 6.59. The minimum Gasteiger partial charge on any atom is -0.432 e. The minimum atomic E-state index is -2.78. The summed E-state index contributed by atoms with van der Waals surface area (Å²) in [6.07, 6.45) is 4.63. The molecule has 2 N–H and O–H groups in total. The molecule has 1 aromatic carbocycles. The maximum Gasteiger partial charge on any atom is 0.264 e. The van der Waals surface area contributed by atoms with Crippen molar-refractivity contribution in [2.45, 2.75) is 63.1 Å². The van der Waals surface area contributed by atoms with Crippen LogP contribution in [-0.2, 0) is 32.9 Å². The number of nitrogens with zero attached hydrogens (tertiary/aromatic N) is 5. The summed E-state index contributed by atoms with van der Waals surface area (Å²) in [4.78, 5) is 41.2. The maximum atomic E-state index is 14.1. The lowest BCUT2D eigenvalue weighted by Gasteiger charge is -2.33. The van der Waals surface area contributed by atoms with E-state index in [1.807, 2.05) is 38.2 Å². The smallest absolute Gasteiger partial charge is 0.264 e. The van der Waals surface area contributed by atoms with Gasteiger partial charge in [0.1, 0.15) is 0 Å². The quantitative estimate of drug-likeness (QED) is 0.292. The normalized spacial score (nSPS) is 27.2. The summed E-state index contributed by atoms with van der Waals surface area (Å²) in [6, 6.07) is 5.70. The van der Waals surface area contributed by atoms with Crippen LogP contribution in [0.15, 0.2) is 37.1 Å². The highest BCUT2D eigenvalue weighted by atomic mass is 28.4. The third-order valence-corrected chi connectivity index (χ3v) is 10.5. The molecule has 37 heavy (non-hydrogen) atoms. The number of anilines is 2. The number of benzene rings is 1. The van der Waals surface area contributed by atoms with E-state index < -0.39 is 13.9 Å². The van der Waals surface area contributed by atoms with Crippen LogP contribution in [0.3, 0.4) is 0 Å². The first-order chi connectivity index (χ1) is 17.6. The van der Waals surface area contributed by atoms with Crippen molar-refractivity contribution in [2.75, 3.05) is 29.5 Å². The number of fused-ring (bicyclic) bond motifs is 2. The van der Waals surface area contributed by atoms with Crippen molar-refractivity contribution in [3.8, 4) is 0 Å². The Morgan fingerprint density at radius 1 is 1.32 bits per heavy atom. The fourth-order valence-electron chi connectivity index (χ4n) is 6.34. The summed E-state index contributed by atoms with van der Waals surface area (Å²) < 4.78 is 8.53. The largest absolute Gasteiger partial charge is 0.432 e. The molecule has 0 aliphatic carbocycles. The van der Waals surface area contributed by atoms with Crippen LogP contribution < -0.4 is 9.80 Å². The van der Waals surface area contributed by atoms with Gasteiger partial charge in [0.2, 0.25) is 5.91 Å². The van der Waals surface area contributed by atoms with Crippen molar-refractivity contribution >= 4 is 31.5 Å². The van der Waals surface area contributed by atoms with Crippen LogP contribution >= 0.6 is 0 Å². The molecule has 0 bridgehead atoms. The van der Waals surface area contributed by atoms with Crippen molar-refractivity contribution in [2.24, 2.45) is 5.92 Å².